The third kappa shape index (κ3) is 4.14. The van der Waals surface area contributed by atoms with Crippen molar-refractivity contribution >= 4 is 17.7 Å². The molecular weight excluding hydrogens is 262 g/mol. The average Bonchev–Trinajstić information content (AvgIpc) is 2.89. The van der Waals surface area contributed by atoms with Crippen molar-refractivity contribution < 1.29 is 14.6 Å². The molecule has 2 unspecified atom stereocenters. The molecule has 0 aliphatic carbocycles. The molecule has 1 heterocycles. The van der Waals surface area contributed by atoms with Gasteiger partial charge in [0.15, 0.2) is 0 Å². The maximum absolute atomic E-state index is 10.8. The molecule has 2 atom stereocenters. The van der Waals surface area contributed by atoms with Gasteiger partial charge in [0.1, 0.15) is 11.8 Å². The molecule has 1 aromatic carbocycles. The molecule has 1 aliphatic heterocycles. The van der Waals surface area contributed by atoms with Crippen molar-refractivity contribution in [2.75, 3.05) is 12.4 Å². The molecule has 19 heavy (non-hydrogen) atoms. The van der Waals surface area contributed by atoms with Crippen LogP contribution < -0.4 is 10.1 Å². The van der Waals surface area contributed by atoms with Crippen LogP contribution in [0.5, 0.6) is 5.75 Å². The summed E-state index contributed by atoms with van der Waals surface area (Å²) in [5, 5.41) is 12.1. The summed E-state index contributed by atoms with van der Waals surface area (Å²) in [5.74, 6) is 0.728. The van der Waals surface area contributed by atoms with Gasteiger partial charge in [-0.1, -0.05) is 19.1 Å². The number of hydrogen-bond acceptors (Lipinski definition) is 4. The summed E-state index contributed by atoms with van der Waals surface area (Å²) in [5.41, 5.74) is 1.30. The Morgan fingerprint density at radius 3 is 2.79 bits per heavy atom. The van der Waals surface area contributed by atoms with Crippen LogP contribution in [0, 0.1) is 0 Å². The number of aryl methyl sites for hydroxylation is 1. The summed E-state index contributed by atoms with van der Waals surface area (Å²) >= 11 is 1.65. The van der Waals surface area contributed by atoms with Crippen LogP contribution >= 0.6 is 11.8 Å². The van der Waals surface area contributed by atoms with Gasteiger partial charge in [0.2, 0.25) is 0 Å². The maximum atomic E-state index is 10.8. The standard InChI is InChI=1S/C14H19NO3S/c1-2-10-3-5-11(6-4-10)18-8-7-13-15-12(9-19-13)14(16)17/h3-6,12-13,15H,2,7-9H2,1H3,(H,16,17). The number of ether oxygens (including phenoxy) is 1. The van der Waals surface area contributed by atoms with Gasteiger partial charge in [0.05, 0.1) is 12.0 Å². The zero-order chi connectivity index (χ0) is 13.7. The molecule has 0 saturated carbocycles. The van der Waals surface area contributed by atoms with Gasteiger partial charge in [-0.15, -0.1) is 11.8 Å². The minimum absolute atomic E-state index is 0.177. The van der Waals surface area contributed by atoms with Crippen molar-refractivity contribution in [3.05, 3.63) is 29.8 Å². The molecule has 1 aromatic rings. The number of hydrogen-bond donors (Lipinski definition) is 2. The van der Waals surface area contributed by atoms with Crippen LogP contribution in [0.4, 0.5) is 0 Å². The van der Waals surface area contributed by atoms with Crippen LogP contribution in [0.25, 0.3) is 0 Å². The third-order valence-electron chi connectivity index (χ3n) is 3.13. The molecule has 0 bridgehead atoms. The zero-order valence-electron chi connectivity index (χ0n) is 11.0. The highest BCUT2D eigenvalue weighted by Gasteiger charge is 2.28. The van der Waals surface area contributed by atoms with Crippen LogP contribution in [0.3, 0.4) is 0 Å². The first-order valence-corrected chi connectivity index (χ1v) is 7.56. The summed E-state index contributed by atoms with van der Waals surface area (Å²) in [6, 6.07) is 7.68. The van der Waals surface area contributed by atoms with Crippen molar-refractivity contribution in [3.63, 3.8) is 0 Å². The molecule has 1 fully saturated rings. The number of benzene rings is 1. The van der Waals surface area contributed by atoms with Crippen LogP contribution in [-0.4, -0.2) is 34.9 Å². The zero-order valence-corrected chi connectivity index (χ0v) is 11.8. The summed E-state index contributed by atoms with van der Waals surface area (Å²) < 4.78 is 5.66. The van der Waals surface area contributed by atoms with E-state index in [1.165, 1.54) is 5.56 Å². The summed E-state index contributed by atoms with van der Waals surface area (Å²) in [4.78, 5) is 10.8. The lowest BCUT2D eigenvalue weighted by molar-refractivity contribution is -0.138. The minimum atomic E-state index is -0.772. The lowest BCUT2D eigenvalue weighted by atomic mass is 10.2. The van der Waals surface area contributed by atoms with Crippen LogP contribution in [-0.2, 0) is 11.2 Å². The van der Waals surface area contributed by atoms with Crippen molar-refractivity contribution in [1.82, 2.24) is 5.32 Å². The van der Waals surface area contributed by atoms with Crippen molar-refractivity contribution in [2.45, 2.75) is 31.2 Å². The fraction of sp³-hybridized carbons (Fsp3) is 0.500. The van der Waals surface area contributed by atoms with Gasteiger partial charge in [-0.05, 0) is 24.1 Å². The molecule has 0 spiro atoms. The van der Waals surface area contributed by atoms with Gasteiger partial charge >= 0.3 is 5.97 Å². The third-order valence-corrected chi connectivity index (χ3v) is 4.43. The van der Waals surface area contributed by atoms with E-state index in [1.807, 2.05) is 12.1 Å². The number of rotatable bonds is 6. The lowest BCUT2D eigenvalue weighted by Gasteiger charge is -2.12. The molecule has 2 N–H and O–H groups in total. The van der Waals surface area contributed by atoms with E-state index in [0.717, 1.165) is 18.6 Å². The van der Waals surface area contributed by atoms with Gasteiger partial charge in [-0.3, -0.25) is 10.1 Å². The SMILES string of the molecule is CCc1ccc(OCCC2NC(C(=O)O)CS2)cc1. The Morgan fingerprint density at radius 2 is 2.21 bits per heavy atom. The molecule has 104 valence electrons. The van der Waals surface area contributed by atoms with Gasteiger partial charge in [-0.25, -0.2) is 0 Å². The Bertz CT molecular complexity index is 421. The Hall–Kier alpha value is -1.20. The largest absolute Gasteiger partial charge is 0.494 e. The first-order chi connectivity index (χ1) is 9.19. The number of carbonyl (C=O) groups is 1. The molecule has 0 radical (unpaired) electrons. The smallest absolute Gasteiger partial charge is 0.321 e. The van der Waals surface area contributed by atoms with Gasteiger partial charge in [0, 0.05) is 12.2 Å². The normalized spacial score (nSPS) is 22.4. The van der Waals surface area contributed by atoms with Crippen LogP contribution in [0.1, 0.15) is 18.9 Å². The van der Waals surface area contributed by atoms with E-state index in [9.17, 15) is 4.79 Å². The second-order valence-electron chi connectivity index (χ2n) is 4.51. The topological polar surface area (TPSA) is 58.6 Å². The van der Waals surface area contributed by atoms with E-state index in [4.69, 9.17) is 9.84 Å². The predicted molar refractivity (Wildman–Crippen MR) is 76.7 cm³/mol. The van der Waals surface area contributed by atoms with E-state index in [0.29, 0.717) is 12.4 Å². The predicted octanol–water partition coefficient (Wildman–Crippen LogP) is 2.13. The molecule has 0 amide bonds. The Balaban J connectivity index is 1.70. The number of aliphatic carboxylic acids is 1. The van der Waals surface area contributed by atoms with E-state index >= 15 is 0 Å². The molecule has 1 saturated heterocycles. The fourth-order valence-electron chi connectivity index (χ4n) is 1.95. The highest BCUT2D eigenvalue weighted by molar-refractivity contribution is 8.00. The molecular formula is C14H19NO3S. The number of carboxylic acids is 1. The summed E-state index contributed by atoms with van der Waals surface area (Å²) in [6.45, 7) is 2.72. The monoisotopic (exact) mass is 281 g/mol. The van der Waals surface area contributed by atoms with Crippen LogP contribution in [0.2, 0.25) is 0 Å². The molecule has 2 rings (SSSR count). The summed E-state index contributed by atoms with van der Waals surface area (Å²) in [6.07, 6.45) is 1.84. The van der Waals surface area contributed by atoms with Gasteiger partial charge in [-0.2, -0.15) is 0 Å². The van der Waals surface area contributed by atoms with Gasteiger partial charge in [0.25, 0.3) is 0 Å². The maximum Gasteiger partial charge on any atom is 0.321 e. The highest BCUT2D eigenvalue weighted by atomic mass is 32.2. The minimum Gasteiger partial charge on any atom is -0.494 e. The van der Waals surface area contributed by atoms with E-state index < -0.39 is 12.0 Å². The number of carboxylic acid groups (broad SMARTS) is 1. The Morgan fingerprint density at radius 1 is 1.47 bits per heavy atom. The average molecular weight is 281 g/mol. The molecule has 5 heteroatoms. The fourth-order valence-corrected chi connectivity index (χ4v) is 3.13. The quantitative estimate of drug-likeness (QED) is 0.836. The van der Waals surface area contributed by atoms with E-state index in [-0.39, 0.29) is 5.37 Å². The highest BCUT2D eigenvalue weighted by Crippen LogP contribution is 2.22. The molecule has 0 aromatic heterocycles. The summed E-state index contributed by atoms with van der Waals surface area (Å²) in [7, 11) is 0. The van der Waals surface area contributed by atoms with Crippen molar-refractivity contribution in [1.29, 1.82) is 0 Å². The first-order valence-electron chi connectivity index (χ1n) is 6.51. The van der Waals surface area contributed by atoms with E-state index in [2.05, 4.69) is 24.4 Å². The second kappa shape index (κ2) is 6.82. The van der Waals surface area contributed by atoms with Crippen molar-refractivity contribution in [2.24, 2.45) is 0 Å². The Kier molecular flexibility index (Phi) is 5.10. The molecule has 1 aliphatic rings. The lowest BCUT2D eigenvalue weighted by Crippen LogP contribution is -2.36. The number of nitrogens with one attached hydrogen (secondary N) is 1. The van der Waals surface area contributed by atoms with Crippen molar-refractivity contribution in [3.8, 4) is 5.75 Å². The second-order valence-corrected chi connectivity index (χ2v) is 5.75. The first kappa shape index (κ1) is 14.2. The van der Waals surface area contributed by atoms with Gasteiger partial charge < -0.3 is 9.84 Å². The van der Waals surface area contributed by atoms with Crippen LogP contribution in [0.15, 0.2) is 24.3 Å². The molecule has 4 nitrogen and oxygen atoms in total. The van der Waals surface area contributed by atoms with E-state index in [1.54, 1.807) is 11.8 Å². The Labute approximate surface area is 117 Å². The number of thioether (sulfide) groups is 1.